The number of hydrogen-bond acceptors (Lipinski definition) is 5. The van der Waals surface area contributed by atoms with E-state index in [1.165, 1.54) is 18.4 Å². The van der Waals surface area contributed by atoms with Gasteiger partial charge in [0.15, 0.2) is 12.4 Å². The van der Waals surface area contributed by atoms with Crippen LogP contribution >= 0.6 is 0 Å². The molecule has 1 aromatic heterocycles. The van der Waals surface area contributed by atoms with Crippen LogP contribution in [0.15, 0.2) is 47.1 Å². The summed E-state index contributed by atoms with van der Waals surface area (Å²) >= 11 is 0. The quantitative estimate of drug-likeness (QED) is 0.707. The number of anilines is 1. The Morgan fingerprint density at radius 3 is 2.50 bits per heavy atom. The van der Waals surface area contributed by atoms with E-state index < -0.39 is 5.97 Å². The van der Waals surface area contributed by atoms with E-state index in [0.29, 0.717) is 5.69 Å². The molecule has 1 atom stereocenters. The highest BCUT2D eigenvalue weighted by molar-refractivity contribution is 6.02. The maximum absolute atomic E-state index is 12.0. The van der Waals surface area contributed by atoms with Crippen LogP contribution < -0.4 is 10.6 Å². The van der Waals surface area contributed by atoms with Crippen LogP contribution in [-0.4, -0.2) is 30.4 Å². The summed E-state index contributed by atoms with van der Waals surface area (Å²) < 4.78 is 10.00. The Bertz CT molecular complexity index is 738. The van der Waals surface area contributed by atoms with Gasteiger partial charge in [0.2, 0.25) is 0 Å². The van der Waals surface area contributed by atoms with E-state index in [-0.39, 0.29) is 35.8 Å². The topological polar surface area (TPSA) is 97.6 Å². The summed E-state index contributed by atoms with van der Waals surface area (Å²) in [4.78, 5) is 35.5. The van der Waals surface area contributed by atoms with Crippen molar-refractivity contribution in [2.75, 3.05) is 11.9 Å². The van der Waals surface area contributed by atoms with Crippen LogP contribution in [0.3, 0.4) is 0 Å². The van der Waals surface area contributed by atoms with Crippen LogP contribution in [0.1, 0.15) is 47.6 Å². The van der Waals surface area contributed by atoms with Crippen molar-refractivity contribution in [1.82, 2.24) is 5.32 Å². The lowest BCUT2D eigenvalue weighted by Gasteiger charge is -2.12. The standard InChI is InChI=1S/C19H22N2O5/c1-3-5-13(2)20-17(22)12-26-19(24)14-7-9-15(10-8-14)21-18(23)16-6-4-11-25-16/h4,6-11,13H,3,5,12H2,1-2H3,(H,20,22)(H,21,23)/t13-/m1/s1. The highest BCUT2D eigenvalue weighted by atomic mass is 16.5. The van der Waals surface area contributed by atoms with Crippen molar-refractivity contribution in [1.29, 1.82) is 0 Å². The minimum Gasteiger partial charge on any atom is -0.459 e. The number of furan rings is 1. The molecule has 0 saturated heterocycles. The lowest BCUT2D eigenvalue weighted by atomic mass is 10.2. The molecular weight excluding hydrogens is 336 g/mol. The largest absolute Gasteiger partial charge is 0.459 e. The second-order valence-electron chi connectivity index (χ2n) is 5.84. The Labute approximate surface area is 151 Å². The lowest BCUT2D eigenvalue weighted by Crippen LogP contribution is -2.35. The summed E-state index contributed by atoms with van der Waals surface area (Å²) in [5.41, 5.74) is 0.796. The summed E-state index contributed by atoms with van der Waals surface area (Å²) in [6.07, 6.45) is 3.24. The molecule has 0 saturated carbocycles. The number of ether oxygens (including phenoxy) is 1. The Hall–Kier alpha value is -3.09. The molecule has 0 aliphatic carbocycles. The van der Waals surface area contributed by atoms with Gasteiger partial charge in [-0.05, 0) is 49.7 Å². The van der Waals surface area contributed by atoms with Crippen molar-refractivity contribution in [3.63, 3.8) is 0 Å². The first-order chi connectivity index (χ1) is 12.5. The zero-order valence-electron chi connectivity index (χ0n) is 14.8. The van der Waals surface area contributed by atoms with Gasteiger partial charge in [0.05, 0.1) is 11.8 Å². The van der Waals surface area contributed by atoms with E-state index in [4.69, 9.17) is 9.15 Å². The van der Waals surface area contributed by atoms with Gasteiger partial charge in [-0.15, -0.1) is 0 Å². The molecule has 7 heteroatoms. The predicted octanol–water partition coefficient (Wildman–Crippen LogP) is 2.99. The Morgan fingerprint density at radius 1 is 1.15 bits per heavy atom. The molecule has 1 aromatic carbocycles. The van der Waals surface area contributed by atoms with Crippen molar-refractivity contribution < 1.29 is 23.5 Å². The molecule has 2 amide bonds. The summed E-state index contributed by atoms with van der Waals surface area (Å²) in [6, 6.07) is 9.38. The van der Waals surface area contributed by atoms with Gasteiger partial charge < -0.3 is 19.8 Å². The first-order valence-corrected chi connectivity index (χ1v) is 8.41. The fourth-order valence-corrected chi connectivity index (χ4v) is 2.33. The highest BCUT2D eigenvalue weighted by Gasteiger charge is 2.13. The van der Waals surface area contributed by atoms with Gasteiger partial charge in [-0.3, -0.25) is 9.59 Å². The number of esters is 1. The minimum atomic E-state index is -0.604. The van der Waals surface area contributed by atoms with Crippen molar-refractivity contribution in [2.24, 2.45) is 0 Å². The summed E-state index contributed by atoms with van der Waals surface area (Å²) in [7, 11) is 0. The Balaban J connectivity index is 1.82. The zero-order valence-corrected chi connectivity index (χ0v) is 14.8. The molecule has 7 nitrogen and oxygen atoms in total. The Kier molecular flexibility index (Phi) is 6.96. The van der Waals surface area contributed by atoms with E-state index in [1.807, 2.05) is 13.8 Å². The fraction of sp³-hybridized carbons (Fsp3) is 0.316. The molecule has 0 unspecified atom stereocenters. The summed E-state index contributed by atoms with van der Waals surface area (Å²) in [5, 5.41) is 5.40. The third kappa shape index (κ3) is 5.77. The van der Waals surface area contributed by atoms with Crippen molar-refractivity contribution in [3.8, 4) is 0 Å². The number of amides is 2. The van der Waals surface area contributed by atoms with Crippen LogP contribution in [0.4, 0.5) is 5.69 Å². The van der Waals surface area contributed by atoms with Crippen LogP contribution in [0.5, 0.6) is 0 Å². The molecule has 0 bridgehead atoms. The van der Waals surface area contributed by atoms with Crippen LogP contribution in [0.2, 0.25) is 0 Å². The number of carbonyl (C=O) groups excluding carboxylic acids is 3. The monoisotopic (exact) mass is 358 g/mol. The highest BCUT2D eigenvalue weighted by Crippen LogP contribution is 2.12. The zero-order chi connectivity index (χ0) is 18.9. The molecule has 0 aliphatic rings. The summed E-state index contributed by atoms with van der Waals surface area (Å²) in [6.45, 7) is 3.60. The Morgan fingerprint density at radius 2 is 1.88 bits per heavy atom. The maximum Gasteiger partial charge on any atom is 0.338 e. The molecule has 2 N–H and O–H groups in total. The molecule has 2 rings (SSSR count). The molecule has 26 heavy (non-hydrogen) atoms. The van der Waals surface area contributed by atoms with Crippen LogP contribution in [0.25, 0.3) is 0 Å². The average Bonchev–Trinajstić information content (AvgIpc) is 3.15. The number of benzene rings is 1. The number of carbonyl (C=O) groups is 3. The van der Waals surface area contributed by atoms with Crippen LogP contribution in [-0.2, 0) is 9.53 Å². The summed E-state index contributed by atoms with van der Waals surface area (Å²) in [5.74, 6) is -1.13. The number of hydrogen-bond donors (Lipinski definition) is 2. The first kappa shape index (κ1) is 19.2. The number of rotatable bonds is 8. The molecule has 1 heterocycles. The van der Waals surface area contributed by atoms with E-state index in [0.717, 1.165) is 12.8 Å². The van der Waals surface area contributed by atoms with E-state index >= 15 is 0 Å². The van der Waals surface area contributed by atoms with E-state index in [9.17, 15) is 14.4 Å². The molecular formula is C19H22N2O5. The normalized spacial score (nSPS) is 11.5. The third-order valence-electron chi connectivity index (χ3n) is 3.59. The second kappa shape index (κ2) is 9.41. The second-order valence-corrected chi connectivity index (χ2v) is 5.84. The minimum absolute atomic E-state index is 0.0447. The SMILES string of the molecule is CCC[C@@H](C)NC(=O)COC(=O)c1ccc(NC(=O)c2ccco2)cc1. The van der Waals surface area contributed by atoms with Gasteiger partial charge in [0.1, 0.15) is 0 Å². The van der Waals surface area contributed by atoms with E-state index in [2.05, 4.69) is 10.6 Å². The predicted molar refractivity (Wildman–Crippen MR) is 95.9 cm³/mol. The molecule has 0 aliphatic heterocycles. The smallest absolute Gasteiger partial charge is 0.338 e. The van der Waals surface area contributed by atoms with Gasteiger partial charge in [-0.25, -0.2) is 4.79 Å². The first-order valence-electron chi connectivity index (χ1n) is 8.41. The maximum atomic E-state index is 12.0. The fourth-order valence-electron chi connectivity index (χ4n) is 2.33. The average molecular weight is 358 g/mol. The van der Waals surface area contributed by atoms with Gasteiger partial charge in [-0.2, -0.15) is 0 Å². The lowest BCUT2D eigenvalue weighted by molar-refractivity contribution is -0.124. The van der Waals surface area contributed by atoms with E-state index in [1.54, 1.807) is 24.3 Å². The molecule has 2 aromatic rings. The third-order valence-corrected chi connectivity index (χ3v) is 3.59. The van der Waals surface area contributed by atoms with Crippen LogP contribution in [0, 0.1) is 0 Å². The van der Waals surface area contributed by atoms with Gasteiger partial charge in [-0.1, -0.05) is 13.3 Å². The molecule has 0 fully saturated rings. The molecule has 0 radical (unpaired) electrons. The van der Waals surface area contributed by atoms with Gasteiger partial charge >= 0.3 is 5.97 Å². The van der Waals surface area contributed by atoms with Crippen molar-refractivity contribution in [2.45, 2.75) is 32.7 Å². The van der Waals surface area contributed by atoms with Crippen molar-refractivity contribution >= 4 is 23.5 Å². The molecule has 138 valence electrons. The molecule has 0 spiro atoms. The van der Waals surface area contributed by atoms with Crippen molar-refractivity contribution in [3.05, 3.63) is 54.0 Å². The number of nitrogens with one attached hydrogen (secondary N) is 2. The van der Waals surface area contributed by atoms with Gasteiger partial charge in [0.25, 0.3) is 11.8 Å². The van der Waals surface area contributed by atoms with Gasteiger partial charge in [0, 0.05) is 11.7 Å².